The maximum absolute atomic E-state index is 12.4. The van der Waals surface area contributed by atoms with Crippen molar-refractivity contribution in [2.75, 3.05) is 51.3 Å². The molecule has 0 radical (unpaired) electrons. The molecule has 0 aliphatic carbocycles. The van der Waals surface area contributed by atoms with E-state index >= 15 is 0 Å². The van der Waals surface area contributed by atoms with Gasteiger partial charge in [-0.25, -0.2) is 0 Å². The number of nitrogens with one attached hydrogen (secondary N) is 2. The van der Waals surface area contributed by atoms with Gasteiger partial charge in [-0.1, -0.05) is 18.2 Å². The average molecular weight is 466 g/mol. The van der Waals surface area contributed by atoms with E-state index in [1.807, 2.05) is 42.5 Å². The van der Waals surface area contributed by atoms with Crippen LogP contribution in [0.15, 0.2) is 48.5 Å². The summed E-state index contributed by atoms with van der Waals surface area (Å²) in [5.41, 5.74) is 2.10. The molecule has 1 saturated heterocycles. The third-order valence-corrected chi connectivity index (χ3v) is 5.73. The molecule has 0 spiro atoms. The molecule has 0 unspecified atom stereocenters. The molecular formula is C24H27N5O5. The molecule has 0 atom stereocenters. The van der Waals surface area contributed by atoms with E-state index in [9.17, 15) is 14.4 Å². The number of methoxy groups -OCH3 is 1. The third kappa shape index (κ3) is 5.45. The molecule has 1 aliphatic rings. The second-order valence-corrected chi connectivity index (χ2v) is 7.85. The van der Waals surface area contributed by atoms with Crippen molar-refractivity contribution < 1.29 is 23.9 Å². The van der Waals surface area contributed by atoms with Crippen LogP contribution in [0.25, 0.3) is 10.9 Å². The van der Waals surface area contributed by atoms with Crippen LogP contribution in [0.4, 0.5) is 5.69 Å². The van der Waals surface area contributed by atoms with Crippen LogP contribution in [-0.4, -0.2) is 79.3 Å². The molecule has 1 aromatic heterocycles. The highest BCUT2D eigenvalue weighted by atomic mass is 16.5. The van der Waals surface area contributed by atoms with Crippen molar-refractivity contribution in [3.05, 3.63) is 54.2 Å². The summed E-state index contributed by atoms with van der Waals surface area (Å²) in [5.74, 6) is -0.350. The first-order valence-electron chi connectivity index (χ1n) is 11.1. The fourth-order valence-corrected chi connectivity index (χ4v) is 3.81. The Morgan fingerprint density at radius 3 is 2.50 bits per heavy atom. The second-order valence-electron chi connectivity index (χ2n) is 7.85. The number of amides is 2. The number of anilines is 1. The van der Waals surface area contributed by atoms with Gasteiger partial charge in [0.05, 0.1) is 19.0 Å². The van der Waals surface area contributed by atoms with Gasteiger partial charge in [0.2, 0.25) is 0 Å². The molecule has 2 aromatic carbocycles. The Morgan fingerprint density at radius 2 is 1.76 bits per heavy atom. The molecule has 2 heterocycles. The van der Waals surface area contributed by atoms with Gasteiger partial charge in [0.25, 0.3) is 11.8 Å². The first kappa shape index (κ1) is 23.1. The number of carbonyl (C=O) groups excluding carboxylic acids is 3. The molecule has 10 nitrogen and oxygen atoms in total. The summed E-state index contributed by atoms with van der Waals surface area (Å²) in [5, 5.41) is 10.2. The van der Waals surface area contributed by atoms with E-state index in [1.54, 1.807) is 18.1 Å². The summed E-state index contributed by atoms with van der Waals surface area (Å²) in [6.45, 7) is 2.28. The maximum atomic E-state index is 12.4. The predicted octanol–water partition coefficient (Wildman–Crippen LogP) is 1.58. The smallest absolute Gasteiger partial charge is 0.308 e. The zero-order chi connectivity index (χ0) is 23.9. The molecule has 178 valence electrons. The minimum Gasteiger partial charge on any atom is -0.497 e. The lowest BCUT2D eigenvalue weighted by atomic mass is 10.2. The number of para-hydroxylation sites is 1. The van der Waals surface area contributed by atoms with Gasteiger partial charge in [-0.3, -0.25) is 19.5 Å². The van der Waals surface area contributed by atoms with E-state index in [-0.39, 0.29) is 37.1 Å². The van der Waals surface area contributed by atoms with E-state index in [4.69, 9.17) is 9.47 Å². The van der Waals surface area contributed by atoms with Crippen molar-refractivity contribution in [2.24, 2.45) is 0 Å². The van der Waals surface area contributed by atoms with Crippen LogP contribution in [0.3, 0.4) is 0 Å². The Labute approximate surface area is 196 Å². The number of H-pyrrole nitrogens is 1. The summed E-state index contributed by atoms with van der Waals surface area (Å²) in [6.07, 6.45) is -0.0351. The van der Waals surface area contributed by atoms with Gasteiger partial charge >= 0.3 is 5.97 Å². The maximum Gasteiger partial charge on any atom is 0.308 e. The molecule has 2 amide bonds. The number of aromatic amines is 1. The van der Waals surface area contributed by atoms with Gasteiger partial charge in [0.1, 0.15) is 5.75 Å². The van der Waals surface area contributed by atoms with Gasteiger partial charge in [-0.2, -0.15) is 5.10 Å². The van der Waals surface area contributed by atoms with Crippen molar-refractivity contribution in [2.45, 2.75) is 6.42 Å². The number of esters is 1. The van der Waals surface area contributed by atoms with E-state index < -0.39 is 5.97 Å². The Bertz CT molecular complexity index is 1150. The quantitative estimate of drug-likeness (QED) is 0.485. The summed E-state index contributed by atoms with van der Waals surface area (Å²) < 4.78 is 10.3. The zero-order valence-corrected chi connectivity index (χ0v) is 19.0. The van der Waals surface area contributed by atoms with Crippen LogP contribution in [0.1, 0.15) is 16.9 Å². The van der Waals surface area contributed by atoms with Crippen LogP contribution >= 0.6 is 0 Å². The van der Waals surface area contributed by atoms with E-state index in [2.05, 4.69) is 20.4 Å². The Balaban J connectivity index is 1.15. The number of hydrogen-bond acceptors (Lipinski definition) is 7. The number of carbonyl (C=O) groups is 3. The van der Waals surface area contributed by atoms with Gasteiger partial charge in [0.15, 0.2) is 12.3 Å². The highest BCUT2D eigenvalue weighted by Gasteiger charge is 2.22. The average Bonchev–Trinajstić information content (AvgIpc) is 3.32. The van der Waals surface area contributed by atoms with Crippen molar-refractivity contribution in [3.63, 3.8) is 0 Å². The molecule has 2 N–H and O–H groups in total. The van der Waals surface area contributed by atoms with E-state index in [0.717, 1.165) is 17.0 Å². The lowest BCUT2D eigenvalue weighted by Gasteiger charge is -2.36. The lowest BCUT2D eigenvalue weighted by molar-refractivity contribution is -0.152. The van der Waals surface area contributed by atoms with Crippen LogP contribution < -0.4 is 15.0 Å². The number of hydrogen-bond donors (Lipinski definition) is 2. The molecule has 0 bridgehead atoms. The first-order valence-corrected chi connectivity index (χ1v) is 11.1. The Hall–Kier alpha value is -4.08. The first-order chi connectivity index (χ1) is 16.5. The van der Waals surface area contributed by atoms with Gasteiger partial charge in [-0.15, -0.1) is 0 Å². The van der Waals surface area contributed by atoms with Crippen molar-refractivity contribution >= 4 is 34.4 Å². The molecule has 3 aromatic rings. The van der Waals surface area contributed by atoms with Crippen molar-refractivity contribution in [1.29, 1.82) is 0 Å². The third-order valence-electron chi connectivity index (χ3n) is 5.73. The second kappa shape index (κ2) is 10.7. The van der Waals surface area contributed by atoms with Crippen LogP contribution in [-0.2, 0) is 14.3 Å². The summed E-state index contributed by atoms with van der Waals surface area (Å²) in [4.78, 5) is 40.6. The summed E-state index contributed by atoms with van der Waals surface area (Å²) in [6, 6.07) is 15.1. The number of ether oxygens (including phenoxy) is 2. The van der Waals surface area contributed by atoms with Crippen molar-refractivity contribution in [3.8, 4) is 5.75 Å². The monoisotopic (exact) mass is 465 g/mol. The number of aromatic nitrogens is 2. The normalized spacial score (nSPS) is 13.6. The molecule has 1 fully saturated rings. The summed E-state index contributed by atoms with van der Waals surface area (Å²) in [7, 11) is 1.63. The van der Waals surface area contributed by atoms with Crippen molar-refractivity contribution in [1.82, 2.24) is 20.4 Å². The highest BCUT2D eigenvalue weighted by molar-refractivity contribution is 6.04. The Kier molecular flexibility index (Phi) is 7.26. The molecular weight excluding hydrogens is 438 g/mol. The number of rotatable bonds is 8. The predicted molar refractivity (Wildman–Crippen MR) is 126 cm³/mol. The van der Waals surface area contributed by atoms with Crippen LogP contribution in [0, 0.1) is 0 Å². The topological polar surface area (TPSA) is 117 Å². The zero-order valence-electron chi connectivity index (χ0n) is 19.0. The van der Waals surface area contributed by atoms with Crippen LogP contribution in [0.5, 0.6) is 5.75 Å². The minimum absolute atomic E-state index is 0.0351. The van der Waals surface area contributed by atoms with E-state index in [0.29, 0.717) is 31.6 Å². The molecule has 10 heteroatoms. The lowest BCUT2D eigenvalue weighted by Crippen LogP contribution is -2.49. The fourth-order valence-electron chi connectivity index (χ4n) is 3.81. The van der Waals surface area contributed by atoms with Gasteiger partial charge < -0.3 is 24.6 Å². The molecule has 4 rings (SSSR count). The van der Waals surface area contributed by atoms with Gasteiger partial charge in [-0.05, 0) is 30.3 Å². The van der Waals surface area contributed by atoms with Gasteiger partial charge in [0, 0.05) is 43.8 Å². The number of benzene rings is 2. The summed E-state index contributed by atoms with van der Waals surface area (Å²) >= 11 is 0. The largest absolute Gasteiger partial charge is 0.497 e. The fraction of sp³-hybridized carbons (Fsp3) is 0.333. The minimum atomic E-state index is -0.544. The Morgan fingerprint density at radius 1 is 1.03 bits per heavy atom. The van der Waals surface area contributed by atoms with E-state index in [1.165, 1.54) is 0 Å². The highest BCUT2D eigenvalue weighted by Crippen LogP contribution is 2.20. The standard InChI is InChI=1S/C24H27N5O5/c1-33-18-8-6-17(7-9-18)28-12-14-29(15-13-28)21(30)16-34-22(31)10-11-25-24(32)23-19-4-2-3-5-20(19)26-27-23/h2-9H,10-16H2,1H3,(H,25,32)(H,26,27). The number of nitrogens with zero attached hydrogens (tertiary/aromatic N) is 3. The SMILES string of the molecule is COc1ccc(N2CCN(C(=O)COC(=O)CCNC(=O)c3n[nH]c4ccccc34)CC2)cc1. The molecule has 0 saturated carbocycles. The van der Waals surface area contributed by atoms with Crippen LogP contribution in [0.2, 0.25) is 0 Å². The number of piperazine rings is 1. The number of fused-ring (bicyclic) bond motifs is 1. The molecule has 1 aliphatic heterocycles. The molecule has 34 heavy (non-hydrogen) atoms.